The molecule has 1 rings (SSSR count). The number of hydrogen-bond donors (Lipinski definition) is 1. The number of nitrogens with zero attached hydrogens (tertiary/aromatic N) is 2. The highest BCUT2D eigenvalue weighted by Gasteiger charge is 2.17. The first-order valence-corrected chi connectivity index (χ1v) is 3.11. The fourth-order valence-electron chi connectivity index (χ4n) is 0.595. The van der Waals surface area contributed by atoms with Gasteiger partial charge in [0.15, 0.2) is 5.69 Å². The van der Waals surface area contributed by atoms with Crippen molar-refractivity contribution in [1.82, 2.24) is 10.1 Å². The molecule has 0 radical (unpaired) electrons. The third kappa shape index (κ3) is 1.42. The first-order valence-electron chi connectivity index (χ1n) is 3.11. The van der Waals surface area contributed by atoms with Crippen LogP contribution < -0.4 is 5.73 Å². The van der Waals surface area contributed by atoms with Gasteiger partial charge in [0.2, 0.25) is 0 Å². The zero-order valence-electron chi connectivity index (χ0n) is 6.35. The van der Waals surface area contributed by atoms with E-state index in [1.807, 2.05) is 0 Å². The van der Waals surface area contributed by atoms with Gasteiger partial charge in [0, 0.05) is 13.1 Å². The Morgan fingerprint density at radius 1 is 1.67 bits per heavy atom. The molecule has 64 valence electrons. The molecule has 0 aliphatic heterocycles. The minimum Gasteiger partial charge on any atom is -0.364 e. The Balaban J connectivity index is 2.79. The number of hydrogen-bond acceptors (Lipinski definition) is 4. The number of primary amides is 1. The highest BCUT2D eigenvalue weighted by molar-refractivity contribution is 6.02. The largest absolute Gasteiger partial charge is 0.364 e. The summed E-state index contributed by atoms with van der Waals surface area (Å²) in [6.45, 7) is 0. The normalized spacial score (nSPS) is 9.42. The fraction of sp³-hybridized carbons (Fsp3) is 0.167. The van der Waals surface area contributed by atoms with Crippen LogP contribution in [0.3, 0.4) is 0 Å². The van der Waals surface area contributed by atoms with Crippen molar-refractivity contribution in [3.05, 3.63) is 18.0 Å². The lowest BCUT2D eigenvalue weighted by molar-refractivity contribution is 0.0828. The van der Waals surface area contributed by atoms with Gasteiger partial charge in [-0.2, -0.15) is 0 Å². The molecule has 0 unspecified atom stereocenters. The van der Waals surface area contributed by atoms with Crippen LogP contribution in [0.4, 0.5) is 4.79 Å². The summed E-state index contributed by atoms with van der Waals surface area (Å²) in [5, 5.41) is 3.35. The van der Waals surface area contributed by atoms with Crippen molar-refractivity contribution in [2.45, 2.75) is 0 Å². The predicted octanol–water partition coefficient (Wildman–Crippen LogP) is -0.175. The molecule has 0 spiro atoms. The minimum absolute atomic E-state index is 0.0521. The van der Waals surface area contributed by atoms with E-state index in [9.17, 15) is 9.59 Å². The van der Waals surface area contributed by atoms with Crippen molar-refractivity contribution in [3.63, 3.8) is 0 Å². The first-order chi connectivity index (χ1) is 5.63. The molecule has 0 saturated carbocycles. The summed E-state index contributed by atoms with van der Waals surface area (Å²) in [6.07, 6.45) is 1.24. The number of urea groups is 1. The van der Waals surface area contributed by atoms with E-state index < -0.39 is 11.9 Å². The molecular formula is C6H7N3O3. The lowest BCUT2D eigenvalue weighted by Gasteiger charge is -2.08. The maximum absolute atomic E-state index is 11.1. The first kappa shape index (κ1) is 8.25. The Hall–Kier alpha value is -1.85. The molecule has 0 aromatic carbocycles. The van der Waals surface area contributed by atoms with E-state index in [4.69, 9.17) is 5.73 Å². The number of carbonyl (C=O) groups excluding carboxylic acids is 2. The molecule has 0 aliphatic rings. The van der Waals surface area contributed by atoms with Crippen LogP contribution in [0.15, 0.2) is 16.9 Å². The summed E-state index contributed by atoms with van der Waals surface area (Å²) in [5.74, 6) is -0.587. The van der Waals surface area contributed by atoms with Crippen molar-refractivity contribution >= 4 is 11.9 Å². The number of nitrogens with two attached hydrogens (primary N) is 1. The second-order valence-electron chi connectivity index (χ2n) is 2.09. The Morgan fingerprint density at radius 2 is 2.33 bits per heavy atom. The predicted molar refractivity (Wildman–Crippen MR) is 38.2 cm³/mol. The van der Waals surface area contributed by atoms with E-state index in [-0.39, 0.29) is 5.69 Å². The molecule has 6 heteroatoms. The highest BCUT2D eigenvalue weighted by Crippen LogP contribution is 1.98. The van der Waals surface area contributed by atoms with Crippen LogP contribution in [0.1, 0.15) is 10.5 Å². The number of aromatic nitrogens is 1. The van der Waals surface area contributed by atoms with Gasteiger partial charge < -0.3 is 10.3 Å². The zero-order chi connectivity index (χ0) is 9.14. The van der Waals surface area contributed by atoms with Crippen LogP contribution in [0.2, 0.25) is 0 Å². The summed E-state index contributed by atoms with van der Waals surface area (Å²) >= 11 is 0. The molecule has 2 N–H and O–H groups in total. The molecule has 1 aromatic heterocycles. The quantitative estimate of drug-likeness (QED) is 0.631. The van der Waals surface area contributed by atoms with Crippen LogP contribution in [0.5, 0.6) is 0 Å². The average molecular weight is 169 g/mol. The monoisotopic (exact) mass is 169 g/mol. The molecule has 12 heavy (non-hydrogen) atoms. The van der Waals surface area contributed by atoms with Crippen molar-refractivity contribution in [1.29, 1.82) is 0 Å². The highest BCUT2D eigenvalue weighted by atomic mass is 16.5. The van der Waals surface area contributed by atoms with Gasteiger partial charge in [-0.25, -0.2) is 4.79 Å². The molecule has 1 heterocycles. The number of rotatable bonds is 1. The van der Waals surface area contributed by atoms with Crippen LogP contribution >= 0.6 is 0 Å². The lowest BCUT2D eigenvalue weighted by atomic mass is 10.4. The Bertz CT molecular complexity index is 293. The topological polar surface area (TPSA) is 89.4 Å². The average Bonchev–Trinajstić information content (AvgIpc) is 2.53. The van der Waals surface area contributed by atoms with Crippen LogP contribution in [0.25, 0.3) is 0 Å². The van der Waals surface area contributed by atoms with E-state index >= 15 is 0 Å². The molecule has 0 saturated heterocycles. The van der Waals surface area contributed by atoms with Gasteiger partial charge >= 0.3 is 6.03 Å². The van der Waals surface area contributed by atoms with Gasteiger partial charge in [-0.15, -0.1) is 0 Å². The summed E-state index contributed by atoms with van der Waals surface area (Å²) in [5.41, 5.74) is 4.90. The lowest BCUT2D eigenvalue weighted by Crippen LogP contribution is -2.37. The van der Waals surface area contributed by atoms with E-state index in [2.05, 4.69) is 9.68 Å². The molecule has 0 bridgehead atoms. The second kappa shape index (κ2) is 3.04. The van der Waals surface area contributed by atoms with Crippen LogP contribution in [-0.4, -0.2) is 29.0 Å². The second-order valence-corrected chi connectivity index (χ2v) is 2.09. The number of imide groups is 1. The van der Waals surface area contributed by atoms with Crippen molar-refractivity contribution in [2.24, 2.45) is 5.73 Å². The smallest absolute Gasteiger partial charge is 0.321 e. The summed E-state index contributed by atoms with van der Waals surface area (Å²) in [7, 11) is 1.26. The molecule has 0 atom stereocenters. The molecule has 1 aromatic rings. The van der Waals surface area contributed by atoms with Gasteiger partial charge in [0.1, 0.15) is 6.26 Å². The molecule has 6 nitrogen and oxygen atoms in total. The number of amides is 3. The van der Waals surface area contributed by atoms with E-state index in [0.29, 0.717) is 0 Å². The summed E-state index contributed by atoms with van der Waals surface area (Å²) in [6, 6.07) is 0.518. The van der Waals surface area contributed by atoms with Crippen LogP contribution in [-0.2, 0) is 0 Å². The van der Waals surface area contributed by atoms with Gasteiger partial charge in [0.05, 0.1) is 0 Å². The minimum atomic E-state index is -0.831. The third-order valence-electron chi connectivity index (χ3n) is 1.29. The SMILES string of the molecule is CN(C(N)=O)C(=O)c1ccon1. The number of carbonyl (C=O) groups is 2. The summed E-state index contributed by atoms with van der Waals surface area (Å²) in [4.78, 5) is 22.4. The molecule has 0 fully saturated rings. The maximum atomic E-state index is 11.1. The molecule has 0 aliphatic carbocycles. The molecular weight excluding hydrogens is 162 g/mol. The Morgan fingerprint density at radius 3 is 2.75 bits per heavy atom. The zero-order valence-corrected chi connectivity index (χ0v) is 6.35. The van der Waals surface area contributed by atoms with Crippen molar-refractivity contribution in [2.75, 3.05) is 7.05 Å². The fourth-order valence-corrected chi connectivity index (χ4v) is 0.595. The van der Waals surface area contributed by atoms with Crippen molar-refractivity contribution in [3.8, 4) is 0 Å². The van der Waals surface area contributed by atoms with Gasteiger partial charge in [-0.3, -0.25) is 9.69 Å². The van der Waals surface area contributed by atoms with Crippen molar-refractivity contribution < 1.29 is 14.1 Å². The molecule has 3 amide bonds. The third-order valence-corrected chi connectivity index (χ3v) is 1.29. The van der Waals surface area contributed by atoms with E-state index in [1.54, 1.807) is 0 Å². The maximum Gasteiger partial charge on any atom is 0.321 e. The Kier molecular flexibility index (Phi) is 2.09. The van der Waals surface area contributed by atoms with Crippen LogP contribution in [0, 0.1) is 0 Å². The van der Waals surface area contributed by atoms with Gasteiger partial charge in [-0.05, 0) is 0 Å². The van der Waals surface area contributed by atoms with E-state index in [0.717, 1.165) is 4.90 Å². The summed E-state index contributed by atoms with van der Waals surface area (Å²) < 4.78 is 4.42. The van der Waals surface area contributed by atoms with Gasteiger partial charge in [-0.1, -0.05) is 5.16 Å². The van der Waals surface area contributed by atoms with E-state index in [1.165, 1.54) is 19.4 Å². The standard InChI is InChI=1S/C6H7N3O3/c1-9(6(7)11)5(10)4-2-3-12-8-4/h2-3H,1H3,(H2,7,11). The Labute approximate surface area is 67.9 Å². The van der Waals surface area contributed by atoms with Gasteiger partial charge in [0.25, 0.3) is 5.91 Å².